The van der Waals surface area contributed by atoms with Crippen LogP contribution in [-0.2, 0) is 11.3 Å². The molecule has 0 saturated heterocycles. The van der Waals surface area contributed by atoms with E-state index in [1.807, 2.05) is 26.2 Å². The fraction of sp³-hybridized carbons (Fsp3) is 0.375. The van der Waals surface area contributed by atoms with Gasteiger partial charge in [0.25, 0.3) is 5.56 Å². The Kier molecular flexibility index (Phi) is 6.91. The van der Waals surface area contributed by atoms with Crippen LogP contribution in [0.25, 0.3) is 10.9 Å². The second-order valence-electron chi connectivity index (χ2n) is 5.73. The van der Waals surface area contributed by atoms with Crippen LogP contribution in [0.5, 0.6) is 0 Å². The Bertz CT molecular complexity index is 835. The van der Waals surface area contributed by atoms with Gasteiger partial charge in [0.05, 0.1) is 16.7 Å². The Balaban J connectivity index is 2.29. The zero-order valence-electron chi connectivity index (χ0n) is 14.2. The summed E-state index contributed by atoms with van der Waals surface area (Å²) in [5.41, 5.74) is 5.82. The minimum atomic E-state index is -0.320. The molecule has 1 amide bonds. The van der Waals surface area contributed by atoms with Crippen molar-refractivity contribution >= 4 is 45.9 Å². The molecule has 0 aliphatic rings. The third kappa shape index (κ3) is 5.52. The van der Waals surface area contributed by atoms with Gasteiger partial charge in [-0.2, -0.15) is 0 Å². The lowest BCUT2D eigenvalue weighted by Crippen LogP contribution is -2.36. The molecule has 3 N–H and O–H groups in total. The van der Waals surface area contributed by atoms with Crippen LogP contribution in [0.3, 0.4) is 0 Å². The summed E-state index contributed by atoms with van der Waals surface area (Å²) >= 11 is 5.85. The van der Waals surface area contributed by atoms with Crippen molar-refractivity contribution in [1.29, 1.82) is 0 Å². The Hall–Kier alpha value is -1.97. The van der Waals surface area contributed by atoms with Crippen LogP contribution in [-0.4, -0.2) is 51.9 Å². The van der Waals surface area contributed by atoms with E-state index in [4.69, 9.17) is 5.73 Å². The van der Waals surface area contributed by atoms with Crippen molar-refractivity contribution < 1.29 is 4.79 Å². The monoisotopic (exact) mass is 379 g/mol. The number of benzene rings is 1. The summed E-state index contributed by atoms with van der Waals surface area (Å²) in [4.78, 5) is 31.2. The van der Waals surface area contributed by atoms with E-state index in [1.54, 1.807) is 16.7 Å². The Morgan fingerprint density at radius 2 is 2.12 bits per heavy atom. The number of carbonyl (C=O) groups excluding carboxylic acids is 1. The highest BCUT2D eigenvalue weighted by atomic mass is 32.2. The molecule has 25 heavy (non-hydrogen) atoms. The van der Waals surface area contributed by atoms with Crippen molar-refractivity contribution in [1.82, 2.24) is 19.8 Å². The lowest BCUT2D eigenvalue weighted by atomic mass is 10.2. The molecule has 0 fully saturated rings. The maximum absolute atomic E-state index is 12.8. The van der Waals surface area contributed by atoms with Gasteiger partial charge in [-0.3, -0.25) is 14.2 Å². The first-order chi connectivity index (χ1) is 11.9. The molecule has 0 saturated carbocycles. The van der Waals surface area contributed by atoms with Crippen molar-refractivity contribution in [3.8, 4) is 0 Å². The Labute approximate surface area is 155 Å². The largest absolute Gasteiger partial charge is 0.376 e. The average Bonchev–Trinajstić information content (AvgIpc) is 2.54. The number of rotatable bonds is 7. The third-order valence-electron chi connectivity index (χ3n) is 3.41. The van der Waals surface area contributed by atoms with E-state index < -0.39 is 0 Å². The minimum absolute atomic E-state index is 0.0690. The summed E-state index contributed by atoms with van der Waals surface area (Å²) in [6.07, 6.45) is 0.805. The van der Waals surface area contributed by atoms with Gasteiger partial charge in [-0.1, -0.05) is 23.9 Å². The first-order valence-corrected chi connectivity index (χ1v) is 9.14. The molecular formula is C16H21N5O2S2. The molecular weight excluding hydrogens is 358 g/mol. The summed E-state index contributed by atoms with van der Waals surface area (Å²) in [5, 5.41) is 3.39. The van der Waals surface area contributed by atoms with Gasteiger partial charge < -0.3 is 16.0 Å². The number of amides is 1. The van der Waals surface area contributed by atoms with Gasteiger partial charge in [0.15, 0.2) is 10.3 Å². The highest BCUT2D eigenvalue weighted by Crippen LogP contribution is 2.18. The van der Waals surface area contributed by atoms with Crippen molar-refractivity contribution in [3.63, 3.8) is 0 Å². The van der Waals surface area contributed by atoms with Crippen LogP contribution in [0.4, 0.5) is 0 Å². The number of fused-ring (bicyclic) bond motifs is 1. The van der Waals surface area contributed by atoms with Gasteiger partial charge >= 0.3 is 0 Å². The number of carbonyl (C=O) groups is 1. The zero-order chi connectivity index (χ0) is 18.4. The van der Waals surface area contributed by atoms with E-state index >= 15 is 0 Å². The fourth-order valence-corrected chi connectivity index (χ4v) is 3.24. The lowest BCUT2D eigenvalue weighted by Gasteiger charge is -2.14. The molecule has 0 bridgehead atoms. The summed E-state index contributed by atoms with van der Waals surface area (Å²) in [7, 11) is 3.97. The standard InChI is InChI=1S/C16H21N5O2S2/c1-20(2)8-5-9-21-14(23)11-6-3-4-7-12(11)18-16(21)25-10-13(22)19-15(17)24/h3-4,6-7H,5,8-10H2,1-2H3,(H3,17,19,22,24). The van der Waals surface area contributed by atoms with E-state index in [0.29, 0.717) is 22.6 Å². The maximum atomic E-state index is 12.8. The zero-order valence-corrected chi connectivity index (χ0v) is 15.8. The quantitative estimate of drug-likeness (QED) is 0.417. The number of thioether (sulfide) groups is 1. The number of nitrogens with one attached hydrogen (secondary N) is 1. The molecule has 0 aliphatic carbocycles. The average molecular weight is 380 g/mol. The number of nitrogens with zero attached hydrogens (tertiary/aromatic N) is 3. The summed E-state index contributed by atoms with van der Waals surface area (Å²) in [6.45, 7) is 1.39. The van der Waals surface area contributed by atoms with Gasteiger partial charge in [-0.05, 0) is 51.4 Å². The molecule has 1 heterocycles. The molecule has 0 unspecified atom stereocenters. The Morgan fingerprint density at radius 3 is 2.80 bits per heavy atom. The smallest absolute Gasteiger partial charge is 0.262 e. The SMILES string of the molecule is CN(C)CCCn1c(SCC(=O)NC(N)=S)nc2ccccc2c1=O. The van der Waals surface area contributed by atoms with E-state index in [0.717, 1.165) is 13.0 Å². The van der Waals surface area contributed by atoms with Crippen LogP contribution >= 0.6 is 24.0 Å². The van der Waals surface area contributed by atoms with Gasteiger partial charge in [0, 0.05) is 6.54 Å². The molecule has 1 aromatic carbocycles. The maximum Gasteiger partial charge on any atom is 0.262 e. The Morgan fingerprint density at radius 1 is 1.40 bits per heavy atom. The second-order valence-corrected chi connectivity index (χ2v) is 7.11. The predicted molar refractivity (Wildman–Crippen MR) is 105 cm³/mol. The molecule has 0 aliphatic heterocycles. The molecule has 0 atom stereocenters. The molecule has 7 nitrogen and oxygen atoms in total. The van der Waals surface area contributed by atoms with Gasteiger partial charge in [0.2, 0.25) is 5.91 Å². The van der Waals surface area contributed by atoms with Crippen molar-refractivity contribution in [2.75, 3.05) is 26.4 Å². The fourth-order valence-electron chi connectivity index (χ4n) is 2.30. The van der Waals surface area contributed by atoms with Crippen LogP contribution in [0.2, 0.25) is 0 Å². The molecule has 134 valence electrons. The highest BCUT2D eigenvalue weighted by molar-refractivity contribution is 7.99. The highest BCUT2D eigenvalue weighted by Gasteiger charge is 2.13. The molecule has 2 aromatic rings. The first kappa shape index (κ1) is 19.4. The molecule has 1 aromatic heterocycles. The van der Waals surface area contributed by atoms with Crippen molar-refractivity contribution in [2.45, 2.75) is 18.1 Å². The first-order valence-electron chi connectivity index (χ1n) is 7.75. The number of nitrogens with two attached hydrogens (primary N) is 1. The predicted octanol–water partition coefficient (Wildman–Crippen LogP) is 0.800. The van der Waals surface area contributed by atoms with E-state index in [1.165, 1.54) is 11.8 Å². The molecule has 9 heteroatoms. The summed E-state index contributed by atoms with van der Waals surface area (Å²) in [5.74, 6) is -0.241. The van der Waals surface area contributed by atoms with E-state index in [2.05, 4.69) is 27.4 Å². The number of thiocarbonyl (C=S) groups is 1. The normalized spacial score (nSPS) is 11.0. The number of aromatic nitrogens is 2. The third-order valence-corrected chi connectivity index (χ3v) is 4.49. The number of hydrogen-bond donors (Lipinski definition) is 2. The summed E-state index contributed by atoms with van der Waals surface area (Å²) in [6, 6.07) is 7.21. The molecule has 2 rings (SSSR count). The topological polar surface area (TPSA) is 93.2 Å². The van der Waals surface area contributed by atoms with Crippen molar-refractivity contribution in [3.05, 3.63) is 34.6 Å². The van der Waals surface area contributed by atoms with Gasteiger partial charge in [0.1, 0.15) is 0 Å². The second kappa shape index (κ2) is 8.93. The van der Waals surface area contributed by atoms with Crippen LogP contribution < -0.4 is 16.6 Å². The van der Waals surface area contributed by atoms with E-state index in [-0.39, 0.29) is 22.3 Å². The lowest BCUT2D eigenvalue weighted by molar-refractivity contribution is -0.117. The molecule has 0 radical (unpaired) electrons. The molecule has 0 spiro atoms. The van der Waals surface area contributed by atoms with E-state index in [9.17, 15) is 9.59 Å². The van der Waals surface area contributed by atoms with Crippen LogP contribution in [0, 0.1) is 0 Å². The van der Waals surface area contributed by atoms with Crippen molar-refractivity contribution in [2.24, 2.45) is 5.73 Å². The van der Waals surface area contributed by atoms with Crippen LogP contribution in [0.1, 0.15) is 6.42 Å². The van der Waals surface area contributed by atoms with Gasteiger partial charge in [-0.25, -0.2) is 4.98 Å². The minimum Gasteiger partial charge on any atom is -0.376 e. The van der Waals surface area contributed by atoms with Crippen LogP contribution in [0.15, 0.2) is 34.2 Å². The number of para-hydroxylation sites is 1. The summed E-state index contributed by atoms with van der Waals surface area (Å²) < 4.78 is 1.63. The number of hydrogen-bond acceptors (Lipinski definition) is 6. The van der Waals surface area contributed by atoms with Gasteiger partial charge in [-0.15, -0.1) is 0 Å².